The van der Waals surface area contributed by atoms with Crippen LogP contribution in [-0.2, 0) is 6.18 Å². The number of aromatic amines is 1. The van der Waals surface area contributed by atoms with E-state index in [1.807, 2.05) is 0 Å². The van der Waals surface area contributed by atoms with Crippen molar-refractivity contribution < 1.29 is 18.0 Å². The number of halogens is 4. The lowest BCUT2D eigenvalue weighted by Gasteiger charge is -2.09. The van der Waals surface area contributed by atoms with Gasteiger partial charge in [0.15, 0.2) is 5.65 Å². The number of fused-ring (bicyclic) bond motifs is 1. The van der Waals surface area contributed by atoms with Gasteiger partial charge in [-0.15, -0.1) is 0 Å². The van der Waals surface area contributed by atoms with Gasteiger partial charge < -0.3 is 5.32 Å². The lowest BCUT2D eigenvalue weighted by atomic mass is 10.1. The summed E-state index contributed by atoms with van der Waals surface area (Å²) in [5, 5.41) is 4.82. The van der Waals surface area contributed by atoms with Gasteiger partial charge in [0.1, 0.15) is 11.3 Å². The van der Waals surface area contributed by atoms with Gasteiger partial charge in [0.05, 0.1) is 22.0 Å². The maximum atomic E-state index is 13.7. The fourth-order valence-corrected chi connectivity index (χ4v) is 3.45. The molecule has 4 aromatic rings. The van der Waals surface area contributed by atoms with Gasteiger partial charge in [0.25, 0.3) is 11.5 Å². The van der Waals surface area contributed by atoms with E-state index in [-0.39, 0.29) is 33.2 Å². The lowest BCUT2D eigenvalue weighted by Crippen LogP contribution is -2.29. The van der Waals surface area contributed by atoms with Crippen molar-refractivity contribution in [2.45, 2.75) is 13.1 Å². The average molecular weight is 447 g/mol. The van der Waals surface area contributed by atoms with Gasteiger partial charge in [-0.1, -0.05) is 54.1 Å². The highest BCUT2D eigenvalue weighted by atomic mass is 35.5. The molecule has 0 aliphatic rings. The summed E-state index contributed by atoms with van der Waals surface area (Å²) in [5.74, 6) is -0.832. The second kappa shape index (κ2) is 7.59. The van der Waals surface area contributed by atoms with Crippen molar-refractivity contribution in [3.05, 3.63) is 86.9 Å². The van der Waals surface area contributed by atoms with Crippen LogP contribution in [0, 0.1) is 6.92 Å². The van der Waals surface area contributed by atoms with Crippen LogP contribution in [0.1, 0.15) is 21.7 Å². The molecular weight excluding hydrogens is 433 g/mol. The molecule has 1 amide bonds. The number of amides is 1. The van der Waals surface area contributed by atoms with E-state index < -0.39 is 28.9 Å². The van der Waals surface area contributed by atoms with Crippen LogP contribution >= 0.6 is 11.6 Å². The van der Waals surface area contributed by atoms with E-state index in [0.29, 0.717) is 4.52 Å². The topological polar surface area (TPSA) is 79.3 Å². The smallest absolute Gasteiger partial charge is 0.320 e. The normalized spacial score (nSPS) is 11.6. The number of alkyl halides is 3. The van der Waals surface area contributed by atoms with Crippen LogP contribution in [0.5, 0.6) is 0 Å². The van der Waals surface area contributed by atoms with Crippen molar-refractivity contribution in [1.82, 2.24) is 14.6 Å². The van der Waals surface area contributed by atoms with Crippen LogP contribution in [0.25, 0.3) is 16.8 Å². The molecular formula is C21H14ClF3N4O2. The third-order valence-electron chi connectivity index (χ3n) is 4.66. The van der Waals surface area contributed by atoms with Crippen molar-refractivity contribution >= 4 is 28.8 Å². The van der Waals surface area contributed by atoms with Crippen molar-refractivity contribution in [1.29, 1.82) is 0 Å². The van der Waals surface area contributed by atoms with Crippen LogP contribution in [0.3, 0.4) is 0 Å². The van der Waals surface area contributed by atoms with Crippen molar-refractivity contribution in [3.8, 4) is 11.1 Å². The maximum Gasteiger partial charge on any atom is 0.433 e. The fourth-order valence-electron chi connectivity index (χ4n) is 3.27. The van der Waals surface area contributed by atoms with Gasteiger partial charge in [-0.3, -0.25) is 14.7 Å². The van der Waals surface area contributed by atoms with Crippen molar-refractivity contribution in [2.75, 3.05) is 5.32 Å². The quantitative estimate of drug-likeness (QED) is 0.468. The second-order valence-electron chi connectivity index (χ2n) is 6.70. The molecule has 0 unspecified atom stereocenters. The zero-order chi connectivity index (χ0) is 22.3. The molecule has 0 fully saturated rings. The largest absolute Gasteiger partial charge is 0.433 e. The monoisotopic (exact) mass is 446 g/mol. The number of aromatic nitrogens is 3. The Morgan fingerprint density at radius 2 is 1.74 bits per heavy atom. The Bertz CT molecular complexity index is 1360. The first-order valence-electron chi connectivity index (χ1n) is 9.02. The molecule has 0 saturated carbocycles. The average Bonchev–Trinajstić information content (AvgIpc) is 3.10. The molecule has 2 aromatic heterocycles. The van der Waals surface area contributed by atoms with E-state index in [1.54, 1.807) is 36.4 Å². The van der Waals surface area contributed by atoms with Gasteiger partial charge in [0, 0.05) is 0 Å². The molecule has 0 aliphatic carbocycles. The minimum atomic E-state index is -4.78. The number of para-hydroxylation sites is 1. The number of hydrogen-bond donors (Lipinski definition) is 2. The first kappa shape index (κ1) is 20.7. The van der Waals surface area contributed by atoms with E-state index in [9.17, 15) is 22.8 Å². The van der Waals surface area contributed by atoms with E-state index >= 15 is 0 Å². The van der Waals surface area contributed by atoms with Crippen molar-refractivity contribution in [2.24, 2.45) is 0 Å². The van der Waals surface area contributed by atoms with Gasteiger partial charge >= 0.3 is 6.18 Å². The number of hydrogen-bond acceptors (Lipinski definition) is 3. The van der Waals surface area contributed by atoms with Gasteiger partial charge in [0.2, 0.25) is 0 Å². The van der Waals surface area contributed by atoms with Gasteiger partial charge in [-0.2, -0.15) is 17.7 Å². The number of benzene rings is 2. The molecule has 0 spiro atoms. The Kier molecular flexibility index (Phi) is 5.06. The number of anilines is 1. The van der Waals surface area contributed by atoms with Crippen LogP contribution in [0.4, 0.5) is 18.9 Å². The first-order valence-corrected chi connectivity index (χ1v) is 9.40. The molecule has 2 heterocycles. The van der Waals surface area contributed by atoms with E-state index in [2.05, 4.69) is 15.4 Å². The minimum Gasteiger partial charge on any atom is -0.320 e. The van der Waals surface area contributed by atoms with Crippen molar-refractivity contribution in [3.63, 3.8) is 0 Å². The van der Waals surface area contributed by atoms with Gasteiger partial charge in [-0.05, 0) is 24.6 Å². The summed E-state index contributed by atoms with van der Waals surface area (Å²) >= 11 is 6.03. The van der Waals surface area contributed by atoms with E-state index in [1.165, 1.54) is 25.1 Å². The molecule has 0 bridgehead atoms. The summed E-state index contributed by atoms with van der Waals surface area (Å²) in [6.45, 7) is 1.39. The Hall–Kier alpha value is -3.59. The highest BCUT2D eigenvalue weighted by molar-refractivity contribution is 6.33. The maximum absolute atomic E-state index is 13.7. The Balaban J connectivity index is 1.93. The second-order valence-corrected chi connectivity index (χ2v) is 7.10. The van der Waals surface area contributed by atoms with E-state index in [0.717, 1.165) is 0 Å². The third-order valence-corrected chi connectivity index (χ3v) is 4.99. The summed E-state index contributed by atoms with van der Waals surface area (Å²) in [5.41, 5.74) is -2.52. The number of nitrogens with one attached hydrogen (secondary N) is 2. The molecule has 158 valence electrons. The number of carbonyl (C=O) groups is 1. The molecule has 6 nitrogen and oxygen atoms in total. The summed E-state index contributed by atoms with van der Waals surface area (Å²) in [7, 11) is 0. The molecule has 2 aromatic carbocycles. The molecule has 0 aliphatic heterocycles. The third kappa shape index (κ3) is 3.68. The molecule has 10 heteroatoms. The Morgan fingerprint density at radius 3 is 2.39 bits per heavy atom. The van der Waals surface area contributed by atoms with Crippen LogP contribution in [0.15, 0.2) is 59.4 Å². The predicted molar refractivity (Wildman–Crippen MR) is 110 cm³/mol. The standard InChI is InChI=1S/C21H14ClF3N4O2/c1-11-15(19(30)27-14-10-6-5-9-13(14)22)20(31)29-18(26-11)16(12-7-3-2-4-8-12)17(28-29)21(23,24)25/h2-10,28H,1H3,(H,27,30). The molecule has 2 N–H and O–H groups in total. The highest BCUT2D eigenvalue weighted by Gasteiger charge is 2.38. The van der Waals surface area contributed by atoms with Crippen LogP contribution < -0.4 is 10.9 Å². The zero-order valence-electron chi connectivity index (χ0n) is 15.9. The lowest BCUT2D eigenvalue weighted by molar-refractivity contribution is -0.140. The molecule has 0 saturated heterocycles. The number of nitrogens with zero attached hydrogens (tertiary/aromatic N) is 2. The Labute approximate surface area is 178 Å². The van der Waals surface area contributed by atoms with Crippen LogP contribution in [0.2, 0.25) is 5.02 Å². The Morgan fingerprint density at radius 1 is 1.10 bits per heavy atom. The zero-order valence-corrected chi connectivity index (χ0v) is 16.7. The molecule has 4 rings (SSSR count). The number of carbonyl (C=O) groups excluding carboxylic acids is 1. The highest BCUT2D eigenvalue weighted by Crippen LogP contribution is 2.38. The summed E-state index contributed by atoms with van der Waals surface area (Å²) < 4.78 is 41.8. The summed E-state index contributed by atoms with van der Waals surface area (Å²) in [6.07, 6.45) is -4.78. The van der Waals surface area contributed by atoms with Gasteiger partial charge in [-0.25, -0.2) is 4.98 Å². The number of rotatable bonds is 3. The molecule has 0 radical (unpaired) electrons. The summed E-state index contributed by atoms with van der Waals surface area (Å²) in [4.78, 5) is 29.9. The SMILES string of the molecule is Cc1nc2c(-c3ccccc3)c(C(F)(F)F)[nH]n2c(=O)c1C(=O)Nc1ccccc1Cl. The van der Waals surface area contributed by atoms with Crippen LogP contribution in [-0.4, -0.2) is 20.5 Å². The summed E-state index contributed by atoms with van der Waals surface area (Å²) in [6, 6.07) is 14.2. The first-order chi connectivity index (χ1) is 14.7. The van der Waals surface area contributed by atoms with E-state index in [4.69, 9.17) is 11.6 Å². The molecule has 0 atom stereocenters. The molecule has 31 heavy (non-hydrogen) atoms. The minimum absolute atomic E-state index is 0.0144. The number of H-pyrrole nitrogens is 1. The fraction of sp³-hybridized carbons (Fsp3) is 0.0952. The number of aryl methyl sites for hydroxylation is 1. The predicted octanol–water partition coefficient (Wildman–Crippen LogP) is 4.92.